The Labute approximate surface area is 63.4 Å². The molecule has 0 amide bonds. The van der Waals surface area contributed by atoms with Gasteiger partial charge < -0.3 is 4.42 Å². The van der Waals surface area contributed by atoms with Gasteiger partial charge >= 0.3 is 6.01 Å². The van der Waals surface area contributed by atoms with E-state index in [0.29, 0.717) is 6.01 Å². The maximum Gasteiger partial charge on any atom is 0.314 e. The van der Waals surface area contributed by atoms with Gasteiger partial charge in [0, 0.05) is 12.4 Å². The van der Waals surface area contributed by atoms with Crippen LogP contribution in [0.15, 0.2) is 41.4 Å². The van der Waals surface area contributed by atoms with Crippen molar-refractivity contribution in [2.45, 2.75) is 0 Å². The van der Waals surface area contributed by atoms with E-state index in [2.05, 4.69) is 10.4 Å². The van der Waals surface area contributed by atoms with Gasteiger partial charge in [-0.2, -0.15) is 0 Å². The molecule has 2 aromatic heterocycles. The zero-order valence-electron chi connectivity index (χ0n) is 5.77. The average molecular weight is 149 g/mol. The van der Waals surface area contributed by atoms with E-state index in [-0.39, 0.29) is 0 Å². The van der Waals surface area contributed by atoms with Crippen LogP contribution in [-0.2, 0) is 0 Å². The quantitative estimate of drug-likeness (QED) is 0.700. The fourth-order valence-corrected chi connectivity index (χ4v) is 0.798. The summed E-state index contributed by atoms with van der Waals surface area (Å²) in [7, 11) is 0. The Kier molecular flexibility index (Phi) is 1.37. The number of rotatable bonds is 2. The summed E-state index contributed by atoms with van der Waals surface area (Å²) in [6.45, 7) is 0. The fraction of sp³-hybridized carbons (Fsp3) is 0. The first-order valence-electron chi connectivity index (χ1n) is 3.24. The third-order valence-electron chi connectivity index (χ3n) is 1.26. The van der Waals surface area contributed by atoms with Crippen molar-refractivity contribution in [1.29, 1.82) is 0 Å². The summed E-state index contributed by atoms with van der Waals surface area (Å²) < 4.78 is 6.72. The maximum atomic E-state index is 4.96. The van der Waals surface area contributed by atoms with Crippen molar-refractivity contribution in [2.24, 2.45) is 0 Å². The van der Waals surface area contributed by atoms with Crippen LogP contribution in [0, 0.1) is 0 Å². The number of nitrogens with one attached hydrogen (secondary N) is 1. The SMILES string of the molecule is c1ccn(Nc2ncco2)c1. The number of hydrogen-bond donors (Lipinski definition) is 1. The van der Waals surface area contributed by atoms with E-state index in [0.717, 1.165) is 0 Å². The van der Waals surface area contributed by atoms with E-state index in [1.807, 2.05) is 24.5 Å². The average Bonchev–Trinajstić information content (AvgIpc) is 2.60. The van der Waals surface area contributed by atoms with Gasteiger partial charge in [0.05, 0.1) is 6.20 Å². The molecule has 56 valence electrons. The molecule has 0 aromatic carbocycles. The highest BCUT2D eigenvalue weighted by Crippen LogP contribution is 2.01. The molecule has 0 aliphatic rings. The summed E-state index contributed by atoms with van der Waals surface area (Å²) in [5.41, 5.74) is 2.90. The molecule has 0 unspecified atom stereocenters. The molecule has 1 N–H and O–H groups in total. The molecule has 0 saturated carbocycles. The highest BCUT2D eigenvalue weighted by Gasteiger charge is 1.93. The van der Waals surface area contributed by atoms with E-state index in [1.165, 1.54) is 6.26 Å². The van der Waals surface area contributed by atoms with Crippen molar-refractivity contribution in [3.05, 3.63) is 37.0 Å². The molecule has 2 rings (SSSR count). The number of anilines is 1. The lowest BCUT2D eigenvalue weighted by atomic mass is 10.7. The molecule has 0 spiro atoms. The Balaban J connectivity index is 2.14. The van der Waals surface area contributed by atoms with Crippen molar-refractivity contribution in [3.63, 3.8) is 0 Å². The van der Waals surface area contributed by atoms with Crippen LogP contribution < -0.4 is 5.43 Å². The van der Waals surface area contributed by atoms with E-state index >= 15 is 0 Å². The van der Waals surface area contributed by atoms with Gasteiger partial charge in [-0.1, -0.05) is 0 Å². The molecule has 0 saturated heterocycles. The van der Waals surface area contributed by atoms with Gasteiger partial charge in [0.1, 0.15) is 6.26 Å². The Hall–Kier alpha value is -1.71. The number of hydrogen-bond acceptors (Lipinski definition) is 3. The van der Waals surface area contributed by atoms with Gasteiger partial charge in [0.15, 0.2) is 0 Å². The van der Waals surface area contributed by atoms with Crippen molar-refractivity contribution < 1.29 is 4.42 Å². The minimum Gasteiger partial charge on any atom is -0.431 e. The molecule has 0 aliphatic heterocycles. The lowest BCUT2D eigenvalue weighted by molar-refractivity contribution is 0.564. The predicted molar refractivity (Wildman–Crippen MR) is 40.0 cm³/mol. The molecular formula is C7H7N3O. The molecule has 0 aliphatic carbocycles. The van der Waals surface area contributed by atoms with Gasteiger partial charge in [0.25, 0.3) is 0 Å². The first-order valence-corrected chi connectivity index (χ1v) is 3.24. The van der Waals surface area contributed by atoms with Crippen LogP contribution in [0.1, 0.15) is 0 Å². The third kappa shape index (κ3) is 1.24. The van der Waals surface area contributed by atoms with Gasteiger partial charge in [-0.3, -0.25) is 4.68 Å². The molecular weight excluding hydrogens is 142 g/mol. The topological polar surface area (TPSA) is 43.0 Å². The minimum absolute atomic E-state index is 0.487. The molecule has 0 atom stereocenters. The second-order valence-corrected chi connectivity index (χ2v) is 2.04. The van der Waals surface area contributed by atoms with Crippen molar-refractivity contribution in [3.8, 4) is 0 Å². The van der Waals surface area contributed by atoms with E-state index in [4.69, 9.17) is 4.42 Å². The molecule has 4 nitrogen and oxygen atoms in total. The highest BCUT2D eigenvalue weighted by atomic mass is 16.4. The lowest BCUT2D eigenvalue weighted by Gasteiger charge is -1.99. The summed E-state index contributed by atoms with van der Waals surface area (Å²) in [6.07, 6.45) is 6.84. The minimum atomic E-state index is 0.487. The molecule has 0 radical (unpaired) electrons. The van der Waals surface area contributed by atoms with Crippen LogP contribution in [0.4, 0.5) is 6.01 Å². The van der Waals surface area contributed by atoms with E-state index < -0.39 is 0 Å². The Morgan fingerprint density at radius 3 is 2.82 bits per heavy atom. The molecule has 2 aromatic rings. The molecule has 2 heterocycles. The van der Waals surface area contributed by atoms with Crippen molar-refractivity contribution >= 4 is 6.01 Å². The first-order chi connectivity index (χ1) is 5.45. The zero-order valence-corrected chi connectivity index (χ0v) is 5.77. The van der Waals surface area contributed by atoms with Crippen LogP contribution in [-0.4, -0.2) is 9.66 Å². The first kappa shape index (κ1) is 6.03. The molecule has 0 fully saturated rings. The standard InChI is InChI=1S/C7H7N3O/c1-2-5-10(4-1)9-7-8-3-6-11-7/h1-6H,(H,8,9). The second-order valence-electron chi connectivity index (χ2n) is 2.04. The second kappa shape index (κ2) is 2.49. The summed E-state index contributed by atoms with van der Waals surface area (Å²) in [6, 6.07) is 4.31. The summed E-state index contributed by atoms with van der Waals surface area (Å²) >= 11 is 0. The van der Waals surface area contributed by atoms with E-state index in [1.54, 1.807) is 10.9 Å². The van der Waals surface area contributed by atoms with Gasteiger partial charge in [-0.25, -0.2) is 10.4 Å². The van der Waals surface area contributed by atoms with Crippen LogP contribution in [0.3, 0.4) is 0 Å². The highest BCUT2D eigenvalue weighted by molar-refractivity contribution is 5.17. The third-order valence-corrected chi connectivity index (χ3v) is 1.26. The predicted octanol–water partition coefficient (Wildman–Crippen LogP) is 1.35. The number of oxazole rings is 1. The lowest BCUT2D eigenvalue weighted by Crippen LogP contribution is -2.05. The molecule has 4 heteroatoms. The Morgan fingerprint density at radius 2 is 2.18 bits per heavy atom. The van der Waals surface area contributed by atoms with E-state index in [9.17, 15) is 0 Å². The maximum absolute atomic E-state index is 4.96. The van der Waals surface area contributed by atoms with Gasteiger partial charge in [-0.15, -0.1) is 0 Å². The van der Waals surface area contributed by atoms with Crippen molar-refractivity contribution in [2.75, 3.05) is 5.43 Å². The Morgan fingerprint density at radius 1 is 1.36 bits per heavy atom. The van der Waals surface area contributed by atoms with Gasteiger partial charge in [-0.05, 0) is 12.1 Å². The number of nitrogens with zero attached hydrogens (tertiary/aromatic N) is 2. The Bertz CT molecular complexity index is 266. The van der Waals surface area contributed by atoms with Crippen LogP contribution in [0.25, 0.3) is 0 Å². The van der Waals surface area contributed by atoms with Crippen LogP contribution in [0.5, 0.6) is 0 Å². The smallest absolute Gasteiger partial charge is 0.314 e. The zero-order chi connectivity index (χ0) is 7.52. The molecule has 0 bridgehead atoms. The summed E-state index contributed by atoms with van der Waals surface area (Å²) in [5, 5.41) is 0. The van der Waals surface area contributed by atoms with Gasteiger partial charge in [0.2, 0.25) is 0 Å². The molecule has 11 heavy (non-hydrogen) atoms. The monoisotopic (exact) mass is 149 g/mol. The summed E-state index contributed by atoms with van der Waals surface area (Å²) in [4.78, 5) is 3.89. The van der Waals surface area contributed by atoms with Crippen LogP contribution >= 0.6 is 0 Å². The normalized spacial score (nSPS) is 9.82. The number of aromatic nitrogens is 2. The van der Waals surface area contributed by atoms with Crippen LogP contribution in [0.2, 0.25) is 0 Å². The summed E-state index contributed by atoms with van der Waals surface area (Å²) in [5.74, 6) is 0. The largest absolute Gasteiger partial charge is 0.431 e. The fourth-order valence-electron chi connectivity index (χ4n) is 0.798. The van der Waals surface area contributed by atoms with Crippen molar-refractivity contribution in [1.82, 2.24) is 9.66 Å².